The smallest absolute Gasteiger partial charge is 0.329 e. The molecule has 328 valence electrons. The minimum absolute atomic E-state index is 0.0493. The number of hydrogen-bond acceptors (Lipinski definition) is 2. The molecule has 0 N–H and O–H groups in total. The SMILES string of the molecule is Cc1cc2c3c(c1)C1Cc4ccc(C56CC7CC8CC(C5)C87C6)cc4-c4cc(C56CC7CC8CC(C5)C6C87)cc(c41)B3N(c1ccc(-c3ccccc3)cc1)c1cc3c(cc1-2)oc1ccccc13. The van der Waals surface area contributed by atoms with Gasteiger partial charge in [0.05, 0.1) is 0 Å². The average molecular weight is 876 g/mol. The summed E-state index contributed by atoms with van der Waals surface area (Å²) in [4.78, 5) is 2.80. The predicted octanol–water partition coefficient (Wildman–Crippen LogP) is 14.2. The molecule has 3 heterocycles. The maximum Gasteiger partial charge on any atom is 0.329 e. The Hall–Kier alpha value is -5.80. The summed E-state index contributed by atoms with van der Waals surface area (Å²) in [6.07, 6.45) is 14.3. The number of para-hydroxylation sites is 1. The Morgan fingerprint density at radius 1 is 0.603 bits per heavy atom. The largest absolute Gasteiger partial charge is 0.456 e. The van der Waals surface area contributed by atoms with Gasteiger partial charge in [0.1, 0.15) is 11.2 Å². The van der Waals surface area contributed by atoms with Crippen LogP contribution in [0.4, 0.5) is 11.4 Å². The molecule has 0 saturated heterocycles. The Morgan fingerprint density at radius 3 is 2.25 bits per heavy atom. The number of anilines is 2. The average Bonchev–Trinajstić information content (AvgIpc) is 4.08. The molecule has 2 bridgehead atoms. The first kappa shape index (κ1) is 36.2. The van der Waals surface area contributed by atoms with Gasteiger partial charge in [-0.1, -0.05) is 109 Å². The van der Waals surface area contributed by atoms with Crippen molar-refractivity contribution >= 4 is 51.1 Å². The van der Waals surface area contributed by atoms with Crippen LogP contribution in [-0.2, 0) is 17.3 Å². The van der Waals surface area contributed by atoms with Crippen LogP contribution in [0, 0.1) is 59.7 Å². The molecule has 9 atom stereocenters. The van der Waals surface area contributed by atoms with Gasteiger partial charge in [0.25, 0.3) is 0 Å². The summed E-state index contributed by atoms with van der Waals surface area (Å²) in [7, 11) is 0. The number of nitrogens with zero attached hydrogens (tertiary/aromatic N) is 1. The summed E-state index contributed by atoms with van der Waals surface area (Å²) in [5.41, 5.74) is 27.0. The molecule has 7 aromatic carbocycles. The summed E-state index contributed by atoms with van der Waals surface area (Å²) in [5.74, 6) is 8.11. The molecule has 9 aliphatic carbocycles. The van der Waals surface area contributed by atoms with Gasteiger partial charge >= 0.3 is 6.85 Å². The number of rotatable bonds is 4. The molecule has 1 aromatic heterocycles. The van der Waals surface area contributed by atoms with Crippen LogP contribution < -0.4 is 15.7 Å². The van der Waals surface area contributed by atoms with E-state index in [2.05, 4.69) is 145 Å². The molecular weight excluding hydrogens is 822 g/mol. The van der Waals surface area contributed by atoms with Crippen LogP contribution in [0.1, 0.15) is 97.1 Å². The molecule has 19 rings (SSSR count). The minimum Gasteiger partial charge on any atom is -0.456 e. The number of fused-ring (bicyclic) bond motifs is 10. The first-order valence-electron chi connectivity index (χ1n) is 26.8. The third-order valence-corrected chi connectivity index (χ3v) is 22.9. The molecule has 8 aromatic rings. The fourth-order valence-electron chi connectivity index (χ4n) is 20.6. The number of benzene rings is 7. The number of furan rings is 1. The molecule has 68 heavy (non-hydrogen) atoms. The van der Waals surface area contributed by atoms with Crippen LogP contribution >= 0.6 is 0 Å². The lowest BCUT2D eigenvalue weighted by atomic mass is 9.38. The van der Waals surface area contributed by atoms with E-state index < -0.39 is 0 Å². The van der Waals surface area contributed by atoms with Crippen molar-refractivity contribution in [3.8, 4) is 33.4 Å². The lowest BCUT2D eigenvalue weighted by Gasteiger charge is -2.66. The van der Waals surface area contributed by atoms with Crippen molar-refractivity contribution in [2.45, 2.75) is 87.9 Å². The third kappa shape index (κ3) is 3.98. The Kier molecular flexibility index (Phi) is 6.19. The van der Waals surface area contributed by atoms with E-state index >= 15 is 0 Å². The maximum atomic E-state index is 6.73. The van der Waals surface area contributed by atoms with Gasteiger partial charge in [0.2, 0.25) is 0 Å². The van der Waals surface area contributed by atoms with Crippen LogP contribution in [0.3, 0.4) is 0 Å². The van der Waals surface area contributed by atoms with E-state index in [1.807, 2.05) is 0 Å². The number of aryl methyl sites for hydroxylation is 1. The Bertz CT molecular complexity index is 3640. The fraction of sp³-hybridized carbons (Fsp3) is 0.354. The normalized spacial score (nSPS) is 35.4. The minimum atomic E-state index is 0.0493. The van der Waals surface area contributed by atoms with Crippen LogP contribution in [0.2, 0.25) is 0 Å². The zero-order chi connectivity index (χ0) is 43.7. The van der Waals surface area contributed by atoms with Gasteiger partial charge in [0, 0.05) is 33.6 Å². The third-order valence-electron chi connectivity index (χ3n) is 22.9. The van der Waals surface area contributed by atoms with Crippen LogP contribution in [-0.4, -0.2) is 6.85 Å². The molecule has 9 unspecified atom stereocenters. The molecule has 8 saturated carbocycles. The van der Waals surface area contributed by atoms with Crippen molar-refractivity contribution < 1.29 is 4.42 Å². The zero-order valence-electron chi connectivity index (χ0n) is 38.9. The van der Waals surface area contributed by atoms with Gasteiger partial charge in [-0.2, -0.15) is 0 Å². The highest BCUT2D eigenvalue weighted by Crippen LogP contribution is 2.84. The van der Waals surface area contributed by atoms with Crippen LogP contribution in [0.5, 0.6) is 0 Å². The van der Waals surface area contributed by atoms with E-state index in [9.17, 15) is 0 Å². The van der Waals surface area contributed by atoms with Gasteiger partial charge in [0.15, 0.2) is 0 Å². The van der Waals surface area contributed by atoms with E-state index in [4.69, 9.17) is 4.42 Å². The molecule has 2 nitrogen and oxygen atoms in total. The second kappa shape index (κ2) is 11.6. The highest BCUT2D eigenvalue weighted by molar-refractivity contribution is 6.92. The zero-order valence-corrected chi connectivity index (χ0v) is 38.9. The monoisotopic (exact) mass is 875 g/mol. The molecule has 11 aliphatic rings. The van der Waals surface area contributed by atoms with E-state index in [1.54, 1.807) is 44.4 Å². The molecule has 0 radical (unpaired) electrons. The molecule has 1 spiro atoms. The van der Waals surface area contributed by atoms with Crippen molar-refractivity contribution in [1.29, 1.82) is 0 Å². The standard InChI is InChI=1S/C65H54BNO/c1-34-17-53-49-28-58-50(47-9-5-6-10-57(47)68-58)27-56(49)67(46-15-12-36(13-16-46)35-7-3-2-4-8-35)66-55-26-42(64-29-39-19-38-20-40(30-64)61(64)59(38)39)25-52-48-24-41(63-31-44-22-43-23-45(32-63)65(43,44)33-63)14-11-37(48)21-51(60(52)55)54(18-34)62(53)66/h2-18,24-28,38-40,43-45,51,59,61H,19-23,29-33H2,1H3. The molecular formula is C65H54BNO. The van der Waals surface area contributed by atoms with Gasteiger partial charge in [-0.05, 0) is 232 Å². The number of hydrogen-bond donors (Lipinski definition) is 0. The Labute approximate surface area is 399 Å². The van der Waals surface area contributed by atoms with Crippen LogP contribution in [0.25, 0.3) is 55.3 Å². The summed E-state index contributed by atoms with van der Waals surface area (Å²) in [6.45, 7) is 2.40. The Balaban J connectivity index is 0.884. The first-order chi connectivity index (χ1) is 33.4. The summed E-state index contributed by atoms with van der Waals surface area (Å²) in [5, 5.41) is 2.40. The predicted molar refractivity (Wildman–Crippen MR) is 276 cm³/mol. The second-order valence-electron chi connectivity index (χ2n) is 25.1. The maximum absolute atomic E-state index is 6.73. The lowest BCUT2D eigenvalue weighted by Crippen LogP contribution is -2.63. The summed E-state index contributed by atoms with van der Waals surface area (Å²) >= 11 is 0. The topological polar surface area (TPSA) is 16.4 Å². The van der Waals surface area contributed by atoms with Crippen molar-refractivity contribution in [1.82, 2.24) is 0 Å². The van der Waals surface area contributed by atoms with Crippen LogP contribution in [0.15, 0.2) is 138 Å². The van der Waals surface area contributed by atoms with Crippen molar-refractivity contribution in [3.05, 3.63) is 167 Å². The van der Waals surface area contributed by atoms with E-state index in [0.717, 1.165) is 64.9 Å². The first-order valence-corrected chi connectivity index (χ1v) is 26.8. The van der Waals surface area contributed by atoms with Gasteiger partial charge in [-0.15, -0.1) is 0 Å². The van der Waals surface area contributed by atoms with E-state index in [-0.39, 0.29) is 6.85 Å². The van der Waals surface area contributed by atoms with Gasteiger partial charge in [-0.25, -0.2) is 0 Å². The van der Waals surface area contributed by atoms with Gasteiger partial charge < -0.3 is 9.23 Å². The van der Waals surface area contributed by atoms with Crippen molar-refractivity contribution in [3.63, 3.8) is 0 Å². The Morgan fingerprint density at radius 2 is 1.40 bits per heavy atom. The fourth-order valence-corrected chi connectivity index (χ4v) is 20.6. The van der Waals surface area contributed by atoms with Crippen molar-refractivity contribution in [2.75, 3.05) is 4.81 Å². The van der Waals surface area contributed by atoms with Crippen molar-refractivity contribution in [2.24, 2.45) is 52.8 Å². The second-order valence-corrected chi connectivity index (χ2v) is 25.1. The highest BCUT2D eigenvalue weighted by Gasteiger charge is 2.77. The molecule has 3 heteroatoms. The van der Waals surface area contributed by atoms with E-state index in [1.165, 1.54) is 113 Å². The molecule has 2 aliphatic heterocycles. The van der Waals surface area contributed by atoms with E-state index in [0.29, 0.717) is 22.2 Å². The van der Waals surface area contributed by atoms with Gasteiger partial charge in [-0.3, -0.25) is 0 Å². The highest BCUT2D eigenvalue weighted by atomic mass is 16.3. The lowest BCUT2D eigenvalue weighted by molar-refractivity contribution is -0.175. The summed E-state index contributed by atoms with van der Waals surface area (Å²) in [6, 6.07) is 53.1. The molecule has 8 fully saturated rings. The summed E-state index contributed by atoms with van der Waals surface area (Å²) < 4.78 is 6.73. The molecule has 0 amide bonds. The quantitative estimate of drug-likeness (QED) is 0.164.